The molecule has 0 radical (unpaired) electrons. The Labute approximate surface area is 136 Å². The first-order chi connectivity index (χ1) is 11.3. The second kappa shape index (κ2) is 5.92. The van der Waals surface area contributed by atoms with Crippen molar-refractivity contribution in [1.82, 2.24) is 14.8 Å². The molecule has 2 aromatic heterocycles. The number of methoxy groups -OCH3 is 1. The Bertz CT molecular complexity index is 764. The number of nitrogens with zero attached hydrogens (tertiary/aromatic N) is 3. The number of halogens is 3. The Hall–Kier alpha value is -2.38. The summed E-state index contributed by atoms with van der Waals surface area (Å²) in [7, 11) is 1.30. The van der Waals surface area contributed by atoms with E-state index in [9.17, 15) is 18.0 Å². The maximum absolute atomic E-state index is 13.3. The summed E-state index contributed by atoms with van der Waals surface area (Å²) in [5.74, 6) is -0.617. The average molecular weight is 339 g/mol. The van der Waals surface area contributed by atoms with Crippen LogP contribution in [-0.4, -0.2) is 27.8 Å². The van der Waals surface area contributed by atoms with Gasteiger partial charge >= 0.3 is 12.1 Å². The SMILES string of the molecule is COC(=O)C1CC(n2cc(-c3cccc(C)n3)c(C(F)(F)F)n2)C1. The number of ether oxygens (including phenoxy) is 1. The predicted octanol–water partition coefficient (Wildman–Crippen LogP) is 3.40. The van der Waals surface area contributed by atoms with Crippen LogP contribution in [0.4, 0.5) is 13.2 Å². The monoisotopic (exact) mass is 339 g/mol. The minimum Gasteiger partial charge on any atom is -0.469 e. The molecule has 0 saturated heterocycles. The Balaban J connectivity index is 1.92. The van der Waals surface area contributed by atoms with E-state index in [0.717, 1.165) is 0 Å². The quantitative estimate of drug-likeness (QED) is 0.804. The first-order valence-corrected chi connectivity index (χ1v) is 7.48. The summed E-state index contributed by atoms with van der Waals surface area (Å²) >= 11 is 0. The Kier molecular flexibility index (Phi) is 4.06. The smallest absolute Gasteiger partial charge is 0.435 e. The fourth-order valence-corrected chi connectivity index (χ4v) is 2.83. The highest BCUT2D eigenvalue weighted by Gasteiger charge is 2.41. The molecule has 5 nitrogen and oxygen atoms in total. The molecule has 1 saturated carbocycles. The van der Waals surface area contributed by atoms with Crippen molar-refractivity contribution in [3.63, 3.8) is 0 Å². The first-order valence-electron chi connectivity index (χ1n) is 7.48. The van der Waals surface area contributed by atoms with Crippen molar-refractivity contribution in [2.75, 3.05) is 7.11 Å². The second-order valence-electron chi connectivity index (χ2n) is 5.88. The lowest BCUT2D eigenvalue weighted by Crippen LogP contribution is -2.33. The van der Waals surface area contributed by atoms with Gasteiger partial charge in [0.1, 0.15) is 0 Å². The van der Waals surface area contributed by atoms with Crippen molar-refractivity contribution in [2.45, 2.75) is 32.0 Å². The van der Waals surface area contributed by atoms with Gasteiger partial charge in [0, 0.05) is 11.9 Å². The molecule has 1 fully saturated rings. The van der Waals surface area contributed by atoms with Crippen LogP contribution in [0, 0.1) is 12.8 Å². The summed E-state index contributed by atoms with van der Waals surface area (Å²) in [6, 6.07) is 4.66. The van der Waals surface area contributed by atoms with E-state index in [4.69, 9.17) is 0 Å². The number of hydrogen-bond donors (Lipinski definition) is 0. The molecule has 0 aliphatic heterocycles. The van der Waals surface area contributed by atoms with Gasteiger partial charge in [0.05, 0.1) is 30.3 Å². The van der Waals surface area contributed by atoms with E-state index in [1.54, 1.807) is 19.1 Å². The summed E-state index contributed by atoms with van der Waals surface area (Å²) in [6.45, 7) is 1.72. The summed E-state index contributed by atoms with van der Waals surface area (Å²) in [5, 5.41) is 3.73. The number of rotatable bonds is 3. The highest BCUT2D eigenvalue weighted by Crippen LogP contribution is 2.41. The average Bonchev–Trinajstić information content (AvgIpc) is 2.90. The molecular weight excluding hydrogens is 323 g/mol. The molecule has 0 bridgehead atoms. The lowest BCUT2D eigenvalue weighted by Gasteiger charge is -2.33. The Morgan fingerprint density at radius 2 is 2.04 bits per heavy atom. The topological polar surface area (TPSA) is 57.0 Å². The normalized spacial score (nSPS) is 20.5. The zero-order valence-corrected chi connectivity index (χ0v) is 13.2. The van der Waals surface area contributed by atoms with Gasteiger partial charge in [-0.15, -0.1) is 0 Å². The lowest BCUT2D eigenvalue weighted by molar-refractivity contribution is -0.150. The van der Waals surface area contributed by atoms with Crippen LogP contribution in [-0.2, 0) is 15.7 Å². The molecule has 0 atom stereocenters. The Morgan fingerprint density at radius 3 is 2.62 bits per heavy atom. The van der Waals surface area contributed by atoms with Crippen LogP contribution in [0.15, 0.2) is 24.4 Å². The molecule has 0 aromatic carbocycles. The van der Waals surface area contributed by atoms with Crippen molar-refractivity contribution < 1.29 is 22.7 Å². The van der Waals surface area contributed by atoms with Crippen LogP contribution < -0.4 is 0 Å². The van der Waals surface area contributed by atoms with Gasteiger partial charge in [0.2, 0.25) is 0 Å². The standard InChI is InChI=1S/C16H16F3N3O2/c1-9-4-3-5-13(20-9)12-8-22(21-14(12)16(17,18)19)11-6-10(7-11)15(23)24-2/h3-5,8,10-11H,6-7H2,1-2H3. The van der Waals surface area contributed by atoms with Crippen molar-refractivity contribution in [2.24, 2.45) is 5.92 Å². The third-order valence-electron chi connectivity index (χ3n) is 4.19. The van der Waals surface area contributed by atoms with E-state index in [2.05, 4.69) is 14.8 Å². The highest BCUT2D eigenvalue weighted by atomic mass is 19.4. The molecule has 0 spiro atoms. The zero-order valence-electron chi connectivity index (χ0n) is 13.2. The van der Waals surface area contributed by atoms with Crippen LogP contribution in [0.25, 0.3) is 11.3 Å². The highest BCUT2D eigenvalue weighted by molar-refractivity contribution is 5.73. The van der Waals surface area contributed by atoms with E-state index in [1.807, 2.05) is 0 Å². The number of carbonyl (C=O) groups is 1. The van der Waals surface area contributed by atoms with Gasteiger partial charge in [-0.3, -0.25) is 14.5 Å². The van der Waals surface area contributed by atoms with Gasteiger partial charge in [-0.25, -0.2) is 0 Å². The van der Waals surface area contributed by atoms with Crippen molar-refractivity contribution >= 4 is 5.97 Å². The fraction of sp³-hybridized carbons (Fsp3) is 0.438. The van der Waals surface area contributed by atoms with Gasteiger partial charge in [-0.1, -0.05) is 6.07 Å². The van der Waals surface area contributed by atoms with E-state index >= 15 is 0 Å². The zero-order chi connectivity index (χ0) is 17.5. The molecule has 2 aromatic rings. The van der Waals surface area contributed by atoms with E-state index in [0.29, 0.717) is 18.5 Å². The molecule has 0 unspecified atom stereocenters. The lowest BCUT2D eigenvalue weighted by atomic mass is 9.80. The molecule has 2 heterocycles. The first kappa shape index (κ1) is 16.5. The second-order valence-corrected chi connectivity index (χ2v) is 5.88. The van der Waals surface area contributed by atoms with E-state index in [1.165, 1.54) is 24.1 Å². The van der Waals surface area contributed by atoms with Gasteiger partial charge < -0.3 is 4.74 Å². The maximum Gasteiger partial charge on any atom is 0.435 e. The molecule has 8 heteroatoms. The molecular formula is C16H16F3N3O2. The fourth-order valence-electron chi connectivity index (χ4n) is 2.83. The molecule has 0 N–H and O–H groups in total. The molecule has 3 rings (SSSR count). The van der Waals surface area contributed by atoms with E-state index in [-0.39, 0.29) is 29.2 Å². The minimum atomic E-state index is -4.57. The number of pyridine rings is 1. The van der Waals surface area contributed by atoms with Crippen molar-refractivity contribution in [3.05, 3.63) is 35.8 Å². The maximum atomic E-state index is 13.3. The summed E-state index contributed by atoms with van der Waals surface area (Å²) in [5.41, 5.74) is -0.143. The van der Waals surface area contributed by atoms with Gasteiger partial charge in [0.25, 0.3) is 0 Å². The predicted molar refractivity (Wildman–Crippen MR) is 79.0 cm³/mol. The number of esters is 1. The summed E-state index contributed by atoms with van der Waals surface area (Å²) in [6.07, 6.45) is -2.36. The van der Waals surface area contributed by atoms with E-state index < -0.39 is 11.9 Å². The minimum absolute atomic E-state index is 0.0484. The number of hydrogen-bond acceptors (Lipinski definition) is 4. The van der Waals surface area contributed by atoms with Crippen LogP contribution in [0.2, 0.25) is 0 Å². The summed E-state index contributed by atoms with van der Waals surface area (Å²) in [4.78, 5) is 15.6. The number of aryl methyl sites for hydroxylation is 1. The van der Waals surface area contributed by atoms with Gasteiger partial charge in [-0.05, 0) is 31.9 Å². The number of aromatic nitrogens is 3. The molecule has 0 amide bonds. The molecule has 24 heavy (non-hydrogen) atoms. The Morgan fingerprint density at radius 1 is 1.33 bits per heavy atom. The van der Waals surface area contributed by atoms with Crippen molar-refractivity contribution in [1.29, 1.82) is 0 Å². The van der Waals surface area contributed by atoms with Gasteiger partial charge in [-0.2, -0.15) is 18.3 Å². The molecule has 1 aliphatic rings. The van der Waals surface area contributed by atoms with Crippen LogP contribution >= 0.6 is 0 Å². The van der Waals surface area contributed by atoms with Crippen LogP contribution in [0.5, 0.6) is 0 Å². The van der Waals surface area contributed by atoms with Gasteiger partial charge in [0.15, 0.2) is 5.69 Å². The third-order valence-corrected chi connectivity index (χ3v) is 4.19. The third kappa shape index (κ3) is 3.00. The number of carbonyl (C=O) groups excluding carboxylic acids is 1. The van der Waals surface area contributed by atoms with Crippen LogP contribution in [0.3, 0.4) is 0 Å². The van der Waals surface area contributed by atoms with Crippen LogP contribution in [0.1, 0.15) is 30.3 Å². The van der Waals surface area contributed by atoms with Crippen molar-refractivity contribution in [3.8, 4) is 11.3 Å². The molecule has 128 valence electrons. The summed E-state index contributed by atoms with van der Waals surface area (Å²) < 4.78 is 45.9. The number of alkyl halides is 3. The molecule has 1 aliphatic carbocycles. The largest absolute Gasteiger partial charge is 0.469 e.